The van der Waals surface area contributed by atoms with Gasteiger partial charge in [-0.05, 0) is 49.6 Å². The molecule has 1 rings (SSSR count). The summed E-state index contributed by atoms with van der Waals surface area (Å²) < 4.78 is 13.6. The number of nitrogens with two attached hydrogens (primary N) is 1. The summed E-state index contributed by atoms with van der Waals surface area (Å²) in [5.74, 6) is 0.449. The normalized spacial score (nSPS) is 12.5. The van der Waals surface area contributed by atoms with E-state index in [4.69, 9.17) is 5.73 Å². The van der Waals surface area contributed by atoms with Gasteiger partial charge in [0.2, 0.25) is 0 Å². The quantitative estimate of drug-likeness (QED) is 0.807. The lowest BCUT2D eigenvalue weighted by Gasteiger charge is -2.26. The molecule has 0 aliphatic rings. The summed E-state index contributed by atoms with van der Waals surface area (Å²) in [5, 5.41) is 0. The van der Waals surface area contributed by atoms with Crippen LogP contribution in [0.4, 0.5) is 10.1 Å². The minimum Gasteiger partial charge on any atom is -0.371 e. The summed E-state index contributed by atoms with van der Waals surface area (Å²) >= 11 is 0. The van der Waals surface area contributed by atoms with Crippen molar-refractivity contribution in [1.82, 2.24) is 0 Å². The Morgan fingerprint density at radius 1 is 1.28 bits per heavy atom. The monoisotopic (exact) mass is 252 g/mol. The first-order valence-electron chi connectivity index (χ1n) is 6.85. The van der Waals surface area contributed by atoms with E-state index in [0.717, 1.165) is 37.2 Å². The van der Waals surface area contributed by atoms with Crippen molar-refractivity contribution in [3.63, 3.8) is 0 Å². The zero-order valence-electron chi connectivity index (χ0n) is 11.7. The fourth-order valence-corrected chi connectivity index (χ4v) is 2.05. The molecule has 18 heavy (non-hydrogen) atoms. The zero-order chi connectivity index (χ0) is 13.5. The molecule has 1 atom stereocenters. The van der Waals surface area contributed by atoms with Gasteiger partial charge in [-0.25, -0.2) is 4.39 Å². The highest BCUT2D eigenvalue weighted by Gasteiger charge is 2.10. The minimum absolute atomic E-state index is 0.168. The van der Waals surface area contributed by atoms with Crippen LogP contribution in [0.3, 0.4) is 0 Å². The molecule has 0 aromatic heterocycles. The second kappa shape index (κ2) is 7.37. The maximum absolute atomic E-state index is 13.6. The lowest BCUT2D eigenvalue weighted by Crippen LogP contribution is -2.28. The molecule has 0 fully saturated rings. The van der Waals surface area contributed by atoms with Crippen LogP contribution in [0.2, 0.25) is 0 Å². The zero-order valence-corrected chi connectivity index (χ0v) is 11.7. The smallest absolute Gasteiger partial charge is 0.125 e. The first-order chi connectivity index (χ1) is 8.60. The summed E-state index contributed by atoms with van der Waals surface area (Å²) in [5.41, 5.74) is 7.49. The minimum atomic E-state index is -0.168. The van der Waals surface area contributed by atoms with E-state index in [0.29, 0.717) is 12.5 Å². The molecule has 1 aromatic carbocycles. The van der Waals surface area contributed by atoms with E-state index in [1.165, 1.54) is 0 Å². The second-order valence-electron chi connectivity index (χ2n) is 4.91. The lowest BCUT2D eigenvalue weighted by molar-refractivity contribution is 0.546. The number of halogens is 1. The molecule has 0 bridgehead atoms. The molecule has 1 unspecified atom stereocenters. The van der Waals surface area contributed by atoms with Crippen LogP contribution in [0.15, 0.2) is 18.2 Å². The molecule has 0 aliphatic heterocycles. The maximum atomic E-state index is 13.6. The predicted molar refractivity (Wildman–Crippen MR) is 76.5 cm³/mol. The van der Waals surface area contributed by atoms with E-state index >= 15 is 0 Å². The Bertz CT molecular complexity index is 366. The molecule has 2 N–H and O–H groups in total. The van der Waals surface area contributed by atoms with Gasteiger partial charge in [-0.2, -0.15) is 0 Å². The van der Waals surface area contributed by atoms with Gasteiger partial charge < -0.3 is 10.6 Å². The predicted octanol–water partition coefficient (Wildman–Crippen LogP) is 3.20. The van der Waals surface area contributed by atoms with Crippen LogP contribution in [-0.4, -0.2) is 19.6 Å². The maximum Gasteiger partial charge on any atom is 0.125 e. The molecule has 0 heterocycles. The lowest BCUT2D eigenvalue weighted by atomic mass is 10.1. The fourth-order valence-electron chi connectivity index (χ4n) is 2.05. The van der Waals surface area contributed by atoms with Crippen molar-refractivity contribution in [2.45, 2.75) is 33.6 Å². The summed E-state index contributed by atoms with van der Waals surface area (Å²) in [7, 11) is 0. The number of nitrogens with zero attached hydrogens (tertiary/aromatic N) is 1. The van der Waals surface area contributed by atoms with Crippen molar-refractivity contribution in [3.8, 4) is 0 Å². The fraction of sp³-hybridized carbons (Fsp3) is 0.600. The highest BCUT2D eigenvalue weighted by Crippen LogP contribution is 2.20. The van der Waals surface area contributed by atoms with Crippen LogP contribution >= 0.6 is 0 Å². The molecule has 0 aliphatic carbocycles. The van der Waals surface area contributed by atoms with E-state index in [-0.39, 0.29) is 5.82 Å². The third-order valence-corrected chi connectivity index (χ3v) is 3.35. The summed E-state index contributed by atoms with van der Waals surface area (Å²) in [4.78, 5) is 2.23. The SMILES string of the molecule is CCC(C)CN(CC)c1cc(F)cc(CCN)c1. The van der Waals surface area contributed by atoms with Crippen LogP contribution in [0.25, 0.3) is 0 Å². The third kappa shape index (κ3) is 4.30. The Balaban J connectivity index is 2.90. The van der Waals surface area contributed by atoms with E-state index in [9.17, 15) is 4.39 Å². The van der Waals surface area contributed by atoms with Gasteiger partial charge in [0.05, 0.1) is 0 Å². The summed E-state index contributed by atoms with van der Waals surface area (Å²) in [6.07, 6.45) is 1.87. The van der Waals surface area contributed by atoms with Crippen LogP contribution in [0, 0.1) is 11.7 Å². The van der Waals surface area contributed by atoms with E-state index in [1.54, 1.807) is 12.1 Å². The number of anilines is 1. The van der Waals surface area contributed by atoms with Gasteiger partial charge in [0.25, 0.3) is 0 Å². The number of hydrogen-bond donors (Lipinski definition) is 1. The van der Waals surface area contributed by atoms with Gasteiger partial charge in [-0.15, -0.1) is 0 Å². The summed E-state index contributed by atoms with van der Waals surface area (Å²) in [6, 6.07) is 5.25. The number of rotatable bonds is 7. The van der Waals surface area contributed by atoms with Crippen LogP contribution in [0.5, 0.6) is 0 Å². The van der Waals surface area contributed by atoms with Crippen molar-refractivity contribution in [1.29, 1.82) is 0 Å². The molecule has 1 aromatic rings. The molecular weight excluding hydrogens is 227 g/mol. The van der Waals surface area contributed by atoms with Crippen LogP contribution < -0.4 is 10.6 Å². The van der Waals surface area contributed by atoms with E-state index in [1.807, 2.05) is 0 Å². The molecule has 0 saturated carbocycles. The standard InChI is InChI=1S/C15H25FN2/c1-4-12(3)11-18(5-2)15-9-13(6-7-17)8-14(16)10-15/h8-10,12H,4-7,11,17H2,1-3H3. The Morgan fingerprint density at radius 3 is 2.56 bits per heavy atom. The third-order valence-electron chi connectivity index (χ3n) is 3.35. The Kier molecular flexibility index (Phi) is 6.13. The molecule has 0 amide bonds. The van der Waals surface area contributed by atoms with Gasteiger partial charge in [-0.1, -0.05) is 20.3 Å². The molecule has 3 heteroatoms. The largest absolute Gasteiger partial charge is 0.371 e. The van der Waals surface area contributed by atoms with E-state index in [2.05, 4.69) is 31.7 Å². The molecule has 2 nitrogen and oxygen atoms in total. The van der Waals surface area contributed by atoms with Gasteiger partial charge in [0.1, 0.15) is 5.82 Å². The molecular formula is C15H25FN2. The second-order valence-corrected chi connectivity index (χ2v) is 4.91. The average Bonchev–Trinajstić information content (AvgIpc) is 2.35. The highest BCUT2D eigenvalue weighted by molar-refractivity contribution is 5.49. The topological polar surface area (TPSA) is 29.3 Å². The van der Waals surface area contributed by atoms with Gasteiger partial charge in [0.15, 0.2) is 0 Å². The Hall–Kier alpha value is -1.09. The van der Waals surface area contributed by atoms with Gasteiger partial charge in [0, 0.05) is 18.8 Å². The van der Waals surface area contributed by atoms with Crippen LogP contribution in [-0.2, 0) is 6.42 Å². The Morgan fingerprint density at radius 2 is 2.00 bits per heavy atom. The molecule has 102 valence electrons. The van der Waals surface area contributed by atoms with Crippen molar-refractivity contribution in [3.05, 3.63) is 29.6 Å². The number of benzene rings is 1. The highest BCUT2D eigenvalue weighted by atomic mass is 19.1. The van der Waals surface area contributed by atoms with Crippen molar-refractivity contribution < 1.29 is 4.39 Å². The Labute approximate surface area is 110 Å². The molecule has 0 spiro atoms. The summed E-state index contributed by atoms with van der Waals surface area (Å²) in [6.45, 7) is 8.94. The molecule has 0 radical (unpaired) electrons. The first-order valence-corrected chi connectivity index (χ1v) is 6.85. The first kappa shape index (κ1) is 15.0. The number of hydrogen-bond acceptors (Lipinski definition) is 2. The van der Waals surface area contributed by atoms with Crippen molar-refractivity contribution >= 4 is 5.69 Å². The average molecular weight is 252 g/mol. The van der Waals surface area contributed by atoms with Crippen LogP contribution in [0.1, 0.15) is 32.8 Å². The van der Waals surface area contributed by atoms with Crippen molar-refractivity contribution in [2.75, 3.05) is 24.5 Å². The van der Waals surface area contributed by atoms with Gasteiger partial charge in [-0.3, -0.25) is 0 Å². The van der Waals surface area contributed by atoms with Gasteiger partial charge >= 0.3 is 0 Å². The van der Waals surface area contributed by atoms with E-state index < -0.39 is 0 Å². The van der Waals surface area contributed by atoms with Crippen molar-refractivity contribution in [2.24, 2.45) is 11.7 Å². The molecule has 0 saturated heterocycles.